The molecule has 1 aromatic heterocycles. The van der Waals surface area contributed by atoms with Gasteiger partial charge in [-0.15, -0.1) is 11.3 Å². The molecule has 0 amide bonds. The maximum Gasteiger partial charge on any atom is 0.0833 e. The predicted octanol–water partition coefficient (Wildman–Crippen LogP) is 15.3. The van der Waals surface area contributed by atoms with E-state index in [1.165, 1.54) is 60.2 Å². The topological polar surface area (TPSA) is 3.24 Å². The van der Waals surface area contributed by atoms with E-state index in [2.05, 4.69) is 168 Å². The van der Waals surface area contributed by atoms with Gasteiger partial charge in [-0.2, -0.15) is 0 Å². The van der Waals surface area contributed by atoms with E-state index in [0.29, 0.717) is 10.0 Å². The fraction of sp³-hybridized carbons (Fsp3) is 0.208. The van der Waals surface area contributed by atoms with Crippen molar-refractivity contribution in [2.24, 2.45) is 0 Å². The zero-order valence-electron chi connectivity index (χ0n) is 30.7. The highest BCUT2D eigenvalue weighted by molar-refractivity contribution is 7.17. The summed E-state index contributed by atoms with van der Waals surface area (Å²) in [5.41, 5.74) is 16.9. The third-order valence-corrected chi connectivity index (χ3v) is 13.4. The van der Waals surface area contributed by atoms with Gasteiger partial charge in [0.1, 0.15) is 0 Å². The third-order valence-electron chi connectivity index (χ3n) is 11.7. The van der Waals surface area contributed by atoms with Crippen LogP contribution in [0.3, 0.4) is 0 Å². The maximum absolute atomic E-state index is 7.34. The molecular formula is C48H41Cl2NS. The van der Waals surface area contributed by atoms with Crippen LogP contribution in [-0.4, -0.2) is 0 Å². The highest BCUT2D eigenvalue weighted by Crippen LogP contribution is 2.55. The van der Waals surface area contributed by atoms with E-state index in [-0.39, 0.29) is 16.2 Å². The highest BCUT2D eigenvalue weighted by Gasteiger charge is 2.38. The molecule has 2 aliphatic carbocycles. The first kappa shape index (κ1) is 33.5. The lowest BCUT2D eigenvalue weighted by atomic mass is 9.82. The number of hydrogen-bond donors (Lipinski definition) is 0. The first-order valence-corrected chi connectivity index (χ1v) is 19.7. The number of fused-ring (bicyclic) bond motifs is 7. The molecule has 1 heterocycles. The molecule has 258 valence electrons. The van der Waals surface area contributed by atoms with Crippen LogP contribution >= 0.6 is 34.5 Å². The molecule has 7 aromatic rings. The van der Waals surface area contributed by atoms with E-state index in [1.807, 2.05) is 6.07 Å². The molecular weight excluding hydrogens is 694 g/mol. The van der Waals surface area contributed by atoms with E-state index in [9.17, 15) is 0 Å². The Morgan fingerprint density at radius 2 is 1.19 bits per heavy atom. The van der Waals surface area contributed by atoms with Crippen molar-refractivity contribution in [3.05, 3.63) is 159 Å². The fourth-order valence-electron chi connectivity index (χ4n) is 8.79. The Morgan fingerprint density at radius 1 is 0.577 bits per heavy atom. The molecule has 9 rings (SSSR count). The van der Waals surface area contributed by atoms with Gasteiger partial charge in [-0.25, -0.2) is 0 Å². The van der Waals surface area contributed by atoms with Gasteiger partial charge in [-0.05, 0) is 103 Å². The lowest BCUT2D eigenvalue weighted by Gasteiger charge is -2.28. The minimum absolute atomic E-state index is 0.0256. The van der Waals surface area contributed by atoms with Gasteiger partial charge in [0.25, 0.3) is 0 Å². The minimum atomic E-state index is -0.106. The van der Waals surface area contributed by atoms with Crippen LogP contribution in [0.25, 0.3) is 43.5 Å². The first-order chi connectivity index (χ1) is 24.8. The average molecular weight is 735 g/mol. The Hall–Kier alpha value is -4.34. The molecule has 0 bridgehead atoms. The number of thiophene rings is 1. The summed E-state index contributed by atoms with van der Waals surface area (Å²) in [4.78, 5) is 2.32. The molecule has 6 aromatic carbocycles. The molecule has 52 heavy (non-hydrogen) atoms. The van der Waals surface area contributed by atoms with Crippen LogP contribution < -0.4 is 4.90 Å². The molecule has 0 saturated carbocycles. The van der Waals surface area contributed by atoms with Gasteiger partial charge in [0.15, 0.2) is 0 Å². The Bertz CT molecular complexity index is 2580. The molecule has 0 atom stereocenters. The van der Waals surface area contributed by atoms with E-state index in [0.717, 1.165) is 28.2 Å². The molecule has 4 heteroatoms. The second kappa shape index (κ2) is 11.6. The van der Waals surface area contributed by atoms with E-state index in [4.69, 9.17) is 23.2 Å². The first-order valence-electron chi connectivity index (χ1n) is 18.1. The van der Waals surface area contributed by atoms with Gasteiger partial charge in [0.2, 0.25) is 0 Å². The molecule has 0 unspecified atom stereocenters. The summed E-state index contributed by atoms with van der Waals surface area (Å²) in [6.07, 6.45) is 0. The lowest BCUT2D eigenvalue weighted by molar-refractivity contribution is 0.590. The van der Waals surface area contributed by atoms with Crippen molar-refractivity contribution in [2.45, 2.75) is 64.7 Å². The third kappa shape index (κ3) is 4.88. The SMILES string of the molecule is CC(C)(C)c1ccc(N(c2cc(-c3cccc4c3-c3ccccc3C4(C)C)cc(Cl)c2Cl)c2csc3cc4c(cc23)-c2ccccc2C4(C)C)cc1. The zero-order chi connectivity index (χ0) is 36.3. The molecule has 1 nitrogen and oxygen atoms in total. The van der Waals surface area contributed by atoms with Crippen molar-refractivity contribution in [1.82, 2.24) is 0 Å². The molecule has 0 radical (unpaired) electrons. The van der Waals surface area contributed by atoms with Crippen molar-refractivity contribution >= 4 is 61.7 Å². The Kier molecular flexibility index (Phi) is 7.46. The standard InChI is InChI=1S/C48H41Cl2NS/c1-46(2,3)29-19-21-30(22-20-29)51(42-27-52-43-26-39-34(25-35(42)43)32-13-8-10-16-36(32)48(39,6)7)41-24-28(23-40(49)45(41)50)31-15-12-18-38-44(31)33-14-9-11-17-37(33)47(38,4)5/h8-27H,1-7H3. The summed E-state index contributed by atoms with van der Waals surface area (Å²) in [6, 6.07) is 42.4. The normalized spacial score (nSPS) is 14.9. The Labute approximate surface area is 321 Å². The van der Waals surface area contributed by atoms with Crippen molar-refractivity contribution in [1.29, 1.82) is 0 Å². The Morgan fingerprint density at radius 3 is 1.90 bits per heavy atom. The summed E-state index contributed by atoms with van der Waals surface area (Å²) in [6.45, 7) is 16.1. The molecule has 0 N–H and O–H groups in total. The molecule has 2 aliphatic rings. The number of anilines is 3. The quantitative estimate of drug-likeness (QED) is 0.174. The van der Waals surface area contributed by atoms with Gasteiger partial charge in [0.05, 0.1) is 21.4 Å². The number of hydrogen-bond acceptors (Lipinski definition) is 2. The van der Waals surface area contributed by atoms with E-state index >= 15 is 0 Å². The van der Waals surface area contributed by atoms with E-state index in [1.54, 1.807) is 11.3 Å². The fourth-order valence-corrected chi connectivity index (χ4v) is 10.1. The molecule has 0 fully saturated rings. The van der Waals surface area contributed by atoms with Crippen molar-refractivity contribution in [3.8, 4) is 33.4 Å². The van der Waals surface area contributed by atoms with Gasteiger partial charge in [-0.1, -0.05) is 151 Å². The summed E-state index contributed by atoms with van der Waals surface area (Å²) in [7, 11) is 0. The van der Waals surface area contributed by atoms with Crippen molar-refractivity contribution < 1.29 is 0 Å². The summed E-state index contributed by atoms with van der Waals surface area (Å²) >= 11 is 16.3. The second-order valence-electron chi connectivity index (χ2n) is 16.5. The zero-order valence-corrected chi connectivity index (χ0v) is 33.0. The second-order valence-corrected chi connectivity index (χ2v) is 18.2. The van der Waals surface area contributed by atoms with Crippen LogP contribution in [0.15, 0.2) is 121 Å². The van der Waals surface area contributed by atoms with E-state index < -0.39 is 0 Å². The number of benzene rings is 6. The van der Waals surface area contributed by atoms with Crippen LogP contribution in [0.1, 0.15) is 76.3 Å². The highest BCUT2D eigenvalue weighted by atomic mass is 35.5. The number of halogens is 2. The smallest absolute Gasteiger partial charge is 0.0833 e. The lowest BCUT2D eigenvalue weighted by Crippen LogP contribution is -2.15. The van der Waals surface area contributed by atoms with Crippen LogP contribution in [0.4, 0.5) is 17.1 Å². The molecule has 0 spiro atoms. The number of nitrogens with zero attached hydrogens (tertiary/aromatic N) is 1. The summed E-state index contributed by atoms with van der Waals surface area (Å²) < 4.78 is 1.25. The Balaban J connectivity index is 1.29. The summed E-state index contributed by atoms with van der Waals surface area (Å²) in [5, 5.41) is 4.55. The van der Waals surface area contributed by atoms with Crippen molar-refractivity contribution in [2.75, 3.05) is 4.90 Å². The van der Waals surface area contributed by atoms with Crippen LogP contribution in [-0.2, 0) is 16.2 Å². The maximum atomic E-state index is 7.34. The largest absolute Gasteiger partial charge is 0.307 e. The predicted molar refractivity (Wildman–Crippen MR) is 226 cm³/mol. The monoisotopic (exact) mass is 733 g/mol. The summed E-state index contributed by atoms with van der Waals surface area (Å²) in [5.74, 6) is 0. The average Bonchev–Trinajstić information content (AvgIpc) is 3.72. The van der Waals surface area contributed by atoms with Gasteiger partial charge >= 0.3 is 0 Å². The number of rotatable bonds is 4. The van der Waals surface area contributed by atoms with Crippen LogP contribution in [0.5, 0.6) is 0 Å². The van der Waals surface area contributed by atoms with Crippen LogP contribution in [0.2, 0.25) is 10.0 Å². The van der Waals surface area contributed by atoms with Gasteiger partial charge in [-0.3, -0.25) is 0 Å². The van der Waals surface area contributed by atoms with Crippen LogP contribution in [0, 0.1) is 0 Å². The van der Waals surface area contributed by atoms with Gasteiger partial charge < -0.3 is 4.90 Å². The molecule has 0 aliphatic heterocycles. The minimum Gasteiger partial charge on any atom is -0.307 e. The molecule has 0 saturated heterocycles. The van der Waals surface area contributed by atoms with Gasteiger partial charge in [0, 0.05) is 32.0 Å². The van der Waals surface area contributed by atoms with Crippen molar-refractivity contribution in [3.63, 3.8) is 0 Å².